The number of likely N-dealkylation sites (N-methyl/N-ethyl adjacent to an activating group) is 1. The molecular formula is C75H140NO8+. The highest BCUT2D eigenvalue weighted by atomic mass is 16.7. The van der Waals surface area contributed by atoms with Gasteiger partial charge in [0, 0.05) is 12.8 Å². The largest absolute Gasteiger partial charge is 0.477 e. The molecule has 0 fully saturated rings. The average molecular weight is 1180 g/mol. The number of aliphatic carboxylic acids is 1. The zero-order valence-electron chi connectivity index (χ0n) is 56.3. The maximum Gasteiger partial charge on any atom is 0.361 e. The van der Waals surface area contributed by atoms with E-state index >= 15 is 0 Å². The molecule has 9 heteroatoms. The molecule has 0 saturated heterocycles. The van der Waals surface area contributed by atoms with Crippen molar-refractivity contribution in [2.45, 2.75) is 367 Å². The van der Waals surface area contributed by atoms with Gasteiger partial charge in [-0.1, -0.05) is 339 Å². The van der Waals surface area contributed by atoms with Crippen LogP contribution in [0, 0.1) is 0 Å². The summed E-state index contributed by atoms with van der Waals surface area (Å²) in [4.78, 5) is 37.7. The number of carbonyl (C=O) groups is 3. The van der Waals surface area contributed by atoms with E-state index in [1.165, 1.54) is 263 Å². The summed E-state index contributed by atoms with van der Waals surface area (Å²) in [5.41, 5.74) is 0. The Bertz CT molecular complexity index is 1520. The predicted octanol–water partition coefficient (Wildman–Crippen LogP) is 22.5. The molecule has 9 nitrogen and oxygen atoms in total. The molecule has 84 heavy (non-hydrogen) atoms. The van der Waals surface area contributed by atoms with Crippen molar-refractivity contribution in [3.8, 4) is 0 Å². The number of carboxylic acid groups (broad SMARTS) is 1. The van der Waals surface area contributed by atoms with Crippen LogP contribution in [-0.4, -0.2) is 87.4 Å². The van der Waals surface area contributed by atoms with E-state index in [1.807, 2.05) is 21.1 Å². The van der Waals surface area contributed by atoms with Crippen LogP contribution in [0.1, 0.15) is 354 Å². The normalized spacial score (nSPS) is 12.9. The second kappa shape index (κ2) is 66.2. The van der Waals surface area contributed by atoms with E-state index in [0.29, 0.717) is 17.4 Å². The smallest absolute Gasteiger partial charge is 0.361 e. The topological polar surface area (TPSA) is 108 Å². The Hall–Kier alpha value is -2.75. The molecule has 0 aromatic rings. The van der Waals surface area contributed by atoms with E-state index < -0.39 is 18.4 Å². The fourth-order valence-electron chi connectivity index (χ4n) is 10.8. The first-order valence-corrected chi connectivity index (χ1v) is 36.3. The zero-order chi connectivity index (χ0) is 61.2. The number of hydrogen-bond donors (Lipinski definition) is 1. The number of carboxylic acids is 1. The van der Waals surface area contributed by atoms with Gasteiger partial charge >= 0.3 is 17.9 Å². The number of rotatable bonds is 68. The highest BCUT2D eigenvalue weighted by Gasteiger charge is 2.25. The van der Waals surface area contributed by atoms with Gasteiger partial charge < -0.3 is 28.5 Å². The first-order chi connectivity index (χ1) is 41.1. The number of unbranched alkanes of at least 4 members (excludes halogenated alkanes) is 45. The van der Waals surface area contributed by atoms with E-state index in [9.17, 15) is 19.5 Å². The Kier molecular flexibility index (Phi) is 64.0. The monoisotopic (exact) mass is 1180 g/mol. The molecule has 0 spiro atoms. The van der Waals surface area contributed by atoms with Crippen molar-refractivity contribution in [2.24, 2.45) is 0 Å². The molecule has 0 aliphatic rings. The number of quaternary nitrogens is 1. The molecule has 1 N–H and O–H groups in total. The second-order valence-electron chi connectivity index (χ2n) is 25.9. The Labute approximate surface area is 521 Å². The van der Waals surface area contributed by atoms with Crippen molar-refractivity contribution in [1.29, 1.82) is 0 Å². The number of hydrogen-bond acceptors (Lipinski definition) is 7. The number of carbonyl (C=O) groups excluding carboxylic acids is 2. The molecule has 0 aromatic heterocycles. The number of nitrogens with zero attached hydrogens (tertiary/aromatic N) is 1. The van der Waals surface area contributed by atoms with Crippen LogP contribution in [0.15, 0.2) is 48.6 Å². The van der Waals surface area contributed by atoms with Crippen LogP contribution >= 0.6 is 0 Å². The summed E-state index contributed by atoms with van der Waals surface area (Å²) in [5, 5.41) is 9.75. The Morgan fingerprint density at radius 3 is 1.01 bits per heavy atom. The maximum atomic E-state index is 13.0. The van der Waals surface area contributed by atoms with Gasteiger partial charge in [-0.2, -0.15) is 0 Å². The van der Waals surface area contributed by atoms with Gasteiger partial charge in [-0.05, 0) is 51.4 Å². The molecule has 0 radical (unpaired) electrons. The SMILES string of the molecule is CC/C=C\C/C=C\C/C=C\C/C=C\CCCCCCCCCCCCCCCCCCC(=O)OC(COC(=O)CCCCCCCCCCCCCCCCCCCCCCCCCCCCCCCC)COC(OCC[N+](C)(C)C)C(=O)O. The minimum Gasteiger partial charge on any atom is -0.477 e. The van der Waals surface area contributed by atoms with Gasteiger partial charge in [0.25, 0.3) is 6.29 Å². The summed E-state index contributed by atoms with van der Waals surface area (Å²) in [7, 11) is 5.99. The van der Waals surface area contributed by atoms with Crippen LogP contribution in [0.4, 0.5) is 0 Å². The van der Waals surface area contributed by atoms with E-state index in [-0.39, 0.29) is 38.2 Å². The third-order valence-corrected chi connectivity index (χ3v) is 16.3. The Balaban J connectivity index is 4.04. The van der Waals surface area contributed by atoms with E-state index in [2.05, 4.69) is 62.5 Å². The molecule has 0 aliphatic carbocycles. The van der Waals surface area contributed by atoms with Crippen LogP contribution < -0.4 is 0 Å². The van der Waals surface area contributed by atoms with Crippen LogP contribution in [0.2, 0.25) is 0 Å². The first kappa shape index (κ1) is 81.2. The molecule has 2 atom stereocenters. The standard InChI is InChI=1S/C75H139NO8/c1-6-8-10-12-14-16-18-20-22-24-26-28-30-32-34-36-38-39-41-43-45-47-49-51-53-55-57-59-61-63-65-72(77)82-69-71(70-83-75(74(79)80)81-68-67-76(3,4)5)84-73(78)66-64-62-60-58-56-54-52-50-48-46-44-42-40-37-35-33-31-29-27-25-23-21-19-17-15-13-11-9-7-2/h9,11,15,17,21,23,27,29,71,75H,6-8,10,12-14,16,18-20,22,24-26,28,30-70H2,1-5H3/p+1/b11-9-,17-15-,23-21-,29-27-. The van der Waals surface area contributed by atoms with Gasteiger partial charge in [0.2, 0.25) is 0 Å². The van der Waals surface area contributed by atoms with Gasteiger partial charge in [0.1, 0.15) is 13.2 Å². The third kappa shape index (κ3) is 66.8. The number of esters is 2. The summed E-state index contributed by atoms with van der Waals surface area (Å²) in [5.74, 6) is -1.98. The van der Waals surface area contributed by atoms with Crippen LogP contribution in [0.5, 0.6) is 0 Å². The molecule has 0 aromatic carbocycles. The van der Waals surface area contributed by atoms with E-state index in [0.717, 1.165) is 64.2 Å². The highest BCUT2D eigenvalue weighted by Crippen LogP contribution is 2.19. The highest BCUT2D eigenvalue weighted by molar-refractivity contribution is 5.71. The molecular weight excluding hydrogens is 1040 g/mol. The van der Waals surface area contributed by atoms with E-state index in [1.54, 1.807) is 0 Å². The molecule has 2 unspecified atom stereocenters. The Morgan fingerprint density at radius 1 is 0.369 bits per heavy atom. The summed E-state index contributed by atoms with van der Waals surface area (Å²) in [6, 6.07) is 0. The van der Waals surface area contributed by atoms with Crippen molar-refractivity contribution < 1.29 is 42.9 Å². The summed E-state index contributed by atoms with van der Waals surface area (Å²) < 4.78 is 23.0. The van der Waals surface area contributed by atoms with Gasteiger partial charge in [-0.3, -0.25) is 9.59 Å². The molecule has 0 bridgehead atoms. The summed E-state index contributed by atoms with van der Waals surface area (Å²) in [6.07, 6.45) is 82.4. The van der Waals surface area contributed by atoms with Gasteiger partial charge in [-0.25, -0.2) is 4.79 Å². The van der Waals surface area contributed by atoms with Gasteiger partial charge in [0.15, 0.2) is 6.10 Å². The van der Waals surface area contributed by atoms with Crippen molar-refractivity contribution in [2.75, 3.05) is 47.5 Å². The molecule has 0 saturated carbocycles. The summed E-state index contributed by atoms with van der Waals surface area (Å²) in [6.45, 7) is 4.83. The number of ether oxygens (including phenoxy) is 4. The third-order valence-electron chi connectivity index (χ3n) is 16.3. The minimum atomic E-state index is -1.51. The maximum absolute atomic E-state index is 13.0. The lowest BCUT2D eigenvalue weighted by Crippen LogP contribution is -2.40. The minimum absolute atomic E-state index is 0.177. The number of allylic oxidation sites excluding steroid dienone is 8. The van der Waals surface area contributed by atoms with Crippen molar-refractivity contribution in [3.05, 3.63) is 48.6 Å². The van der Waals surface area contributed by atoms with Gasteiger partial charge in [0.05, 0.1) is 34.4 Å². The summed E-state index contributed by atoms with van der Waals surface area (Å²) >= 11 is 0. The Morgan fingerprint density at radius 2 is 0.679 bits per heavy atom. The van der Waals surface area contributed by atoms with Crippen molar-refractivity contribution >= 4 is 17.9 Å². The molecule has 0 aliphatic heterocycles. The average Bonchev–Trinajstić information content (AvgIpc) is 3.55. The van der Waals surface area contributed by atoms with Crippen molar-refractivity contribution in [1.82, 2.24) is 0 Å². The molecule has 492 valence electrons. The molecule has 0 heterocycles. The fourth-order valence-corrected chi connectivity index (χ4v) is 10.8. The zero-order valence-corrected chi connectivity index (χ0v) is 56.3. The quantitative estimate of drug-likeness (QED) is 0.0211. The van der Waals surface area contributed by atoms with Crippen LogP contribution in [0.25, 0.3) is 0 Å². The fraction of sp³-hybridized carbons (Fsp3) is 0.853. The van der Waals surface area contributed by atoms with Crippen molar-refractivity contribution in [3.63, 3.8) is 0 Å². The molecule has 0 amide bonds. The lowest BCUT2D eigenvalue weighted by Gasteiger charge is -2.25. The van der Waals surface area contributed by atoms with Crippen LogP contribution in [-0.2, 0) is 33.3 Å². The first-order valence-electron chi connectivity index (χ1n) is 36.3. The van der Waals surface area contributed by atoms with E-state index in [4.69, 9.17) is 18.9 Å². The lowest BCUT2D eigenvalue weighted by molar-refractivity contribution is -0.870. The second-order valence-corrected chi connectivity index (χ2v) is 25.9. The van der Waals surface area contributed by atoms with Crippen LogP contribution in [0.3, 0.4) is 0 Å². The van der Waals surface area contributed by atoms with Gasteiger partial charge in [-0.15, -0.1) is 0 Å². The predicted molar refractivity (Wildman–Crippen MR) is 360 cm³/mol. The lowest BCUT2D eigenvalue weighted by atomic mass is 10.0. The molecule has 0 rings (SSSR count).